The third kappa shape index (κ3) is 1.64. The zero-order chi connectivity index (χ0) is 6.69. The molecule has 1 rings (SSSR count). The Balaban J connectivity index is 2.84. The van der Waals surface area contributed by atoms with Crippen molar-refractivity contribution in [1.29, 1.82) is 0 Å². The van der Waals surface area contributed by atoms with Crippen molar-refractivity contribution in [2.24, 2.45) is 0 Å². The Bertz CT molecular complexity index is 213. The summed E-state index contributed by atoms with van der Waals surface area (Å²) in [6, 6.07) is 0. The van der Waals surface area contributed by atoms with Crippen LogP contribution in [-0.4, -0.2) is 23.6 Å². The molecular formula is C6H5GeO2-. The second kappa shape index (κ2) is 2.78. The van der Waals surface area contributed by atoms with Crippen LogP contribution in [0.25, 0.3) is 0 Å². The number of hydrogen-bond donors (Lipinski definition) is 0. The number of allylic oxidation sites excluding steroid dienone is 3. The van der Waals surface area contributed by atoms with E-state index in [2.05, 4.69) is 0 Å². The van der Waals surface area contributed by atoms with Gasteiger partial charge in [-0.3, -0.25) is 0 Å². The molecule has 9 heavy (non-hydrogen) atoms. The Morgan fingerprint density at radius 3 is 2.44 bits per heavy atom. The summed E-state index contributed by atoms with van der Waals surface area (Å²) in [7, 11) is 0. The normalized spacial score (nSPS) is 15.3. The van der Waals surface area contributed by atoms with E-state index in [0.717, 1.165) is 0 Å². The number of carboxylic acid groups (broad SMARTS) is 1. The summed E-state index contributed by atoms with van der Waals surface area (Å²) < 4.78 is 0. The first-order chi connectivity index (χ1) is 4.30. The van der Waals surface area contributed by atoms with Gasteiger partial charge in [-0.05, 0) is 0 Å². The maximum absolute atomic E-state index is 10.2. The Kier molecular flexibility index (Phi) is 2.00. The summed E-state index contributed by atoms with van der Waals surface area (Å²) in [5, 5.41) is 10.2. The Hall–Kier alpha value is -0.637. The molecule has 2 nitrogen and oxygen atoms in total. The van der Waals surface area contributed by atoms with Crippen LogP contribution in [0.2, 0.25) is 0 Å². The molecule has 0 bridgehead atoms. The van der Waals surface area contributed by atoms with Gasteiger partial charge < -0.3 is 0 Å². The van der Waals surface area contributed by atoms with E-state index in [1.165, 1.54) is 0 Å². The van der Waals surface area contributed by atoms with Crippen LogP contribution < -0.4 is 5.11 Å². The van der Waals surface area contributed by atoms with Gasteiger partial charge in [0.2, 0.25) is 0 Å². The Morgan fingerprint density at radius 1 is 1.33 bits per heavy atom. The second-order valence-corrected chi connectivity index (χ2v) is 5.82. The van der Waals surface area contributed by atoms with E-state index in [9.17, 15) is 9.90 Å². The number of rotatable bonds is 1. The molecule has 0 radical (unpaired) electrons. The van der Waals surface area contributed by atoms with Crippen LogP contribution in [0.15, 0.2) is 23.1 Å². The molecule has 0 atom stereocenters. The van der Waals surface area contributed by atoms with Crippen molar-refractivity contribution in [3.05, 3.63) is 23.1 Å². The first kappa shape index (κ1) is 6.48. The standard InChI is InChI=1S/C6H6GeO2/c8-6(9)7-4-2-1-3-5-7/h1-5H,(H,8,9)/p-1. The minimum absolute atomic E-state index is 0.879. The topological polar surface area (TPSA) is 40.1 Å². The van der Waals surface area contributed by atoms with Gasteiger partial charge in [0.05, 0.1) is 0 Å². The molecule has 0 fully saturated rings. The van der Waals surface area contributed by atoms with Crippen LogP contribution in [0.3, 0.4) is 0 Å². The molecule has 0 saturated heterocycles. The number of hydrogen-bond acceptors (Lipinski definition) is 2. The molecule has 1 aliphatic rings. The van der Waals surface area contributed by atoms with Crippen molar-refractivity contribution in [1.82, 2.24) is 0 Å². The predicted octanol–water partition coefficient (Wildman–Crippen LogP) is -0.545. The molecule has 0 spiro atoms. The molecule has 1 aliphatic heterocycles. The van der Waals surface area contributed by atoms with Gasteiger partial charge in [-0.1, -0.05) is 0 Å². The fourth-order valence-electron chi connectivity index (χ4n) is 0.574. The zero-order valence-electron chi connectivity index (χ0n) is 4.70. The predicted molar refractivity (Wildman–Crippen MR) is 35.5 cm³/mol. The number of carbonyl (C=O) groups excluding carboxylic acids is 1. The van der Waals surface area contributed by atoms with E-state index in [-0.39, 0.29) is 0 Å². The van der Waals surface area contributed by atoms with Crippen LogP contribution >= 0.6 is 0 Å². The molecule has 0 saturated carbocycles. The monoisotopic (exact) mass is 183 g/mol. The SMILES string of the molecule is O=[C]([O-])[Ge]1=[CH]C=CC=[CH]1. The Morgan fingerprint density at radius 2 is 2.11 bits per heavy atom. The van der Waals surface area contributed by atoms with Gasteiger partial charge in [0.1, 0.15) is 0 Å². The molecule has 3 heteroatoms. The molecule has 0 aromatic rings. The van der Waals surface area contributed by atoms with Crippen LogP contribution in [-0.2, 0) is 0 Å². The fourth-order valence-corrected chi connectivity index (χ4v) is 2.71. The van der Waals surface area contributed by atoms with Crippen LogP contribution in [0.1, 0.15) is 0 Å². The van der Waals surface area contributed by atoms with Crippen molar-refractivity contribution in [2.45, 2.75) is 0 Å². The summed E-state index contributed by atoms with van der Waals surface area (Å²) in [6.45, 7) is 0. The summed E-state index contributed by atoms with van der Waals surface area (Å²) >= 11 is -2.04. The van der Waals surface area contributed by atoms with E-state index >= 15 is 0 Å². The molecular weight excluding hydrogens is 177 g/mol. The van der Waals surface area contributed by atoms with Crippen molar-refractivity contribution < 1.29 is 9.90 Å². The Labute approximate surface area is 57.1 Å². The molecule has 46 valence electrons. The van der Waals surface area contributed by atoms with Crippen molar-refractivity contribution >= 4 is 23.6 Å². The first-order valence-corrected chi connectivity index (χ1v) is 6.04. The van der Waals surface area contributed by atoms with Crippen molar-refractivity contribution in [2.75, 3.05) is 0 Å². The summed E-state index contributed by atoms with van der Waals surface area (Å²) in [4.78, 5) is 12.8. The van der Waals surface area contributed by atoms with E-state index in [1.54, 1.807) is 21.9 Å². The van der Waals surface area contributed by atoms with Gasteiger partial charge in [0.15, 0.2) is 0 Å². The average Bonchev–Trinajstić information content (AvgIpc) is 1.90. The average molecular weight is 182 g/mol. The van der Waals surface area contributed by atoms with E-state index in [1.807, 2.05) is 6.08 Å². The van der Waals surface area contributed by atoms with E-state index in [4.69, 9.17) is 0 Å². The minimum atomic E-state index is -2.04. The summed E-state index contributed by atoms with van der Waals surface area (Å²) in [5.41, 5.74) is 0. The van der Waals surface area contributed by atoms with Crippen LogP contribution in [0.4, 0.5) is 4.79 Å². The van der Waals surface area contributed by atoms with Gasteiger partial charge in [0.25, 0.3) is 0 Å². The quantitative estimate of drug-likeness (QED) is 0.510. The summed E-state index contributed by atoms with van der Waals surface area (Å²) in [6.07, 6.45) is 5.36. The van der Waals surface area contributed by atoms with Gasteiger partial charge >= 0.3 is 56.6 Å². The maximum atomic E-state index is 10.2. The number of carbonyl (C=O) groups is 1. The molecule has 0 aliphatic carbocycles. The first-order valence-electron chi connectivity index (χ1n) is 2.57. The second-order valence-electron chi connectivity index (χ2n) is 1.65. The van der Waals surface area contributed by atoms with Gasteiger partial charge in [-0.2, -0.15) is 0 Å². The summed E-state index contributed by atoms with van der Waals surface area (Å²) in [5.74, 6) is 0. The van der Waals surface area contributed by atoms with Crippen LogP contribution in [0, 0.1) is 0 Å². The van der Waals surface area contributed by atoms with Gasteiger partial charge in [0, 0.05) is 0 Å². The van der Waals surface area contributed by atoms with E-state index in [0.29, 0.717) is 0 Å². The fraction of sp³-hybridized carbons (Fsp3) is 0. The molecule has 1 heterocycles. The zero-order valence-corrected chi connectivity index (χ0v) is 6.80. The van der Waals surface area contributed by atoms with E-state index < -0.39 is 18.7 Å². The van der Waals surface area contributed by atoms with Gasteiger partial charge in [-0.25, -0.2) is 0 Å². The molecule has 0 unspecified atom stereocenters. The van der Waals surface area contributed by atoms with Crippen molar-refractivity contribution in [3.63, 3.8) is 0 Å². The third-order valence-corrected chi connectivity index (χ3v) is 4.31. The van der Waals surface area contributed by atoms with Crippen LogP contribution in [0.5, 0.6) is 0 Å². The van der Waals surface area contributed by atoms with Crippen molar-refractivity contribution in [3.8, 4) is 0 Å². The third-order valence-electron chi connectivity index (χ3n) is 1.01. The molecule has 0 aromatic carbocycles. The van der Waals surface area contributed by atoms with Gasteiger partial charge in [-0.15, -0.1) is 0 Å². The molecule has 0 aromatic heterocycles. The molecule has 0 N–H and O–H groups in total. The molecule has 0 amide bonds.